The van der Waals surface area contributed by atoms with Crippen molar-refractivity contribution >= 4 is 0 Å². The van der Waals surface area contributed by atoms with Crippen molar-refractivity contribution in [3.63, 3.8) is 0 Å². The molecule has 0 fully saturated rings. The monoisotopic (exact) mass is 290 g/mol. The lowest BCUT2D eigenvalue weighted by Crippen LogP contribution is -2.17. The topological polar surface area (TPSA) is 40.5 Å². The van der Waals surface area contributed by atoms with Crippen LogP contribution in [0, 0.1) is 0 Å². The Morgan fingerprint density at radius 1 is 0.850 bits per heavy atom. The number of hydrogen-bond acceptors (Lipinski definition) is 2. The minimum absolute atomic E-state index is 0.00912. The van der Waals surface area contributed by atoms with Crippen LogP contribution in [0.4, 0.5) is 13.2 Å². The summed E-state index contributed by atoms with van der Waals surface area (Å²) in [5, 5.41) is 18.9. The van der Waals surface area contributed by atoms with E-state index in [4.69, 9.17) is 0 Å². The molecule has 0 aliphatic rings. The second kappa shape index (κ2) is 6.37. The van der Waals surface area contributed by atoms with Gasteiger partial charge in [0.25, 0.3) is 0 Å². The van der Waals surface area contributed by atoms with Gasteiger partial charge in [0, 0.05) is 12.5 Å². The lowest BCUT2D eigenvalue weighted by atomic mass is 9.80. The Bertz CT molecular complexity index is 419. The minimum atomic E-state index is -4.08. The van der Waals surface area contributed by atoms with Crippen LogP contribution in [-0.2, 0) is 5.41 Å². The molecule has 2 nitrogen and oxygen atoms in total. The first-order valence-corrected chi connectivity index (χ1v) is 6.70. The molecule has 0 unspecified atom stereocenters. The molecular weight excluding hydrogens is 269 g/mol. The Kier molecular flexibility index (Phi) is 5.31. The summed E-state index contributed by atoms with van der Waals surface area (Å²) in [7, 11) is 0. The van der Waals surface area contributed by atoms with Gasteiger partial charge in [-0.15, -0.1) is 0 Å². The van der Waals surface area contributed by atoms with Gasteiger partial charge in [-0.3, -0.25) is 0 Å². The highest BCUT2D eigenvalue weighted by molar-refractivity contribution is 5.39. The van der Waals surface area contributed by atoms with E-state index in [9.17, 15) is 23.4 Å². The number of halogens is 3. The molecule has 2 N–H and O–H groups in total. The first kappa shape index (κ1) is 16.7. The van der Waals surface area contributed by atoms with Crippen LogP contribution in [0.1, 0.15) is 51.5 Å². The first-order valence-electron chi connectivity index (χ1n) is 6.70. The summed E-state index contributed by atoms with van der Waals surface area (Å²) >= 11 is 0. The van der Waals surface area contributed by atoms with Crippen LogP contribution >= 0.6 is 0 Å². The number of benzene rings is 1. The number of phenolic OH excluding ortho intramolecular Hbond substituents is 2. The van der Waals surface area contributed by atoms with Crippen LogP contribution < -0.4 is 0 Å². The van der Waals surface area contributed by atoms with Crippen molar-refractivity contribution in [3.05, 3.63) is 23.8 Å². The summed E-state index contributed by atoms with van der Waals surface area (Å²) in [6.07, 6.45) is -2.77. The molecule has 1 rings (SSSR count). The van der Waals surface area contributed by atoms with E-state index in [1.165, 1.54) is 6.07 Å². The smallest absolute Gasteiger partial charge is 0.389 e. The molecule has 0 spiro atoms. The third-order valence-corrected chi connectivity index (χ3v) is 3.45. The molecule has 0 heterocycles. The minimum Gasteiger partial charge on any atom is -0.508 e. The Balaban J connectivity index is 2.49. The molecule has 0 aliphatic heterocycles. The van der Waals surface area contributed by atoms with E-state index in [0.717, 1.165) is 5.56 Å². The molecule has 0 aliphatic carbocycles. The molecule has 1 aromatic carbocycles. The SMILES string of the molecule is CC(C)(CCCCCC(F)(F)F)c1cc(O)cc(O)c1. The Labute approximate surface area is 117 Å². The third-order valence-electron chi connectivity index (χ3n) is 3.45. The lowest BCUT2D eigenvalue weighted by Gasteiger charge is -2.25. The largest absolute Gasteiger partial charge is 0.508 e. The molecule has 0 aromatic heterocycles. The predicted octanol–water partition coefficient (Wildman–Crippen LogP) is 4.89. The van der Waals surface area contributed by atoms with E-state index in [1.807, 2.05) is 13.8 Å². The number of hydrogen-bond donors (Lipinski definition) is 2. The van der Waals surface area contributed by atoms with E-state index >= 15 is 0 Å². The Hall–Kier alpha value is -1.39. The highest BCUT2D eigenvalue weighted by Gasteiger charge is 2.26. The second-order valence-electron chi connectivity index (χ2n) is 5.80. The zero-order chi connectivity index (χ0) is 15.4. The van der Waals surface area contributed by atoms with Gasteiger partial charge in [-0.25, -0.2) is 0 Å². The normalized spacial score (nSPS) is 12.7. The highest BCUT2D eigenvalue weighted by atomic mass is 19.4. The fourth-order valence-electron chi connectivity index (χ4n) is 2.20. The van der Waals surface area contributed by atoms with E-state index in [2.05, 4.69) is 0 Å². The van der Waals surface area contributed by atoms with Crippen LogP contribution in [-0.4, -0.2) is 16.4 Å². The van der Waals surface area contributed by atoms with Gasteiger partial charge in [0.1, 0.15) is 11.5 Å². The van der Waals surface area contributed by atoms with Gasteiger partial charge in [-0.2, -0.15) is 13.2 Å². The molecule has 114 valence electrons. The van der Waals surface area contributed by atoms with Gasteiger partial charge in [-0.05, 0) is 36.0 Å². The molecule has 0 saturated carbocycles. The van der Waals surface area contributed by atoms with Crippen molar-refractivity contribution in [3.8, 4) is 11.5 Å². The molecule has 1 aromatic rings. The number of rotatable bonds is 6. The van der Waals surface area contributed by atoms with Crippen LogP contribution in [0.15, 0.2) is 18.2 Å². The standard InChI is InChI=1S/C15H21F3O2/c1-14(2,6-4-3-5-7-15(16,17)18)11-8-12(19)10-13(20)9-11/h8-10,19-20H,3-7H2,1-2H3. The van der Waals surface area contributed by atoms with E-state index in [-0.39, 0.29) is 23.3 Å². The Morgan fingerprint density at radius 3 is 1.85 bits per heavy atom. The van der Waals surface area contributed by atoms with Gasteiger partial charge in [0.05, 0.1) is 0 Å². The van der Waals surface area contributed by atoms with Gasteiger partial charge in [0.2, 0.25) is 0 Å². The summed E-state index contributed by atoms with van der Waals surface area (Å²) < 4.78 is 36.0. The number of alkyl halides is 3. The van der Waals surface area contributed by atoms with Crippen molar-refractivity contribution in [2.75, 3.05) is 0 Å². The van der Waals surface area contributed by atoms with Crippen LogP contribution in [0.3, 0.4) is 0 Å². The van der Waals surface area contributed by atoms with Crippen molar-refractivity contribution < 1.29 is 23.4 Å². The van der Waals surface area contributed by atoms with E-state index in [0.29, 0.717) is 19.3 Å². The van der Waals surface area contributed by atoms with Crippen LogP contribution in [0.5, 0.6) is 11.5 Å². The fourth-order valence-corrected chi connectivity index (χ4v) is 2.20. The zero-order valence-electron chi connectivity index (χ0n) is 11.8. The summed E-state index contributed by atoms with van der Waals surface area (Å²) in [5.74, 6) is -0.0182. The average Bonchev–Trinajstić information content (AvgIpc) is 2.25. The van der Waals surface area contributed by atoms with Crippen molar-refractivity contribution in [2.24, 2.45) is 0 Å². The molecule has 20 heavy (non-hydrogen) atoms. The van der Waals surface area contributed by atoms with Crippen molar-refractivity contribution in [1.82, 2.24) is 0 Å². The molecule has 0 atom stereocenters. The van der Waals surface area contributed by atoms with Gasteiger partial charge in [0.15, 0.2) is 0 Å². The number of phenols is 2. The molecule has 5 heteroatoms. The molecule has 0 saturated heterocycles. The number of unbranched alkanes of at least 4 members (excludes halogenated alkanes) is 2. The van der Waals surface area contributed by atoms with E-state index < -0.39 is 12.6 Å². The fraction of sp³-hybridized carbons (Fsp3) is 0.600. The van der Waals surface area contributed by atoms with Gasteiger partial charge in [-0.1, -0.05) is 26.7 Å². The maximum atomic E-state index is 12.0. The van der Waals surface area contributed by atoms with Gasteiger partial charge < -0.3 is 10.2 Å². The molecule has 0 radical (unpaired) electrons. The van der Waals surface area contributed by atoms with Gasteiger partial charge >= 0.3 is 6.18 Å². The summed E-state index contributed by atoms with van der Waals surface area (Å²) in [6, 6.07) is 4.41. The van der Waals surface area contributed by atoms with E-state index in [1.54, 1.807) is 12.1 Å². The van der Waals surface area contributed by atoms with Crippen molar-refractivity contribution in [2.45, 2.75) is 57.5 Å². The average molecular weight is 290 g/mol. The Morgan fingerprint density at radius 2 is 1.35 bits per heavy atom. The quantitative estimate of drug-likeness (QED) is 0.732. The third kappa shape index (κ3) is 5.72. The van der Waals surface area contributed by atoms with Crippen LogP contribution in [0.2, 0.25) is 0 Å². The maximum Gasteiger partial charge on any atom is 0.389 e. The summed E-state index contributed by atoms with van der Waals surface area (Å²) in [4.78, 5) is 0. The number of aromatic hydroxyl groups is 2. The summed E-state index contributed by atoms with van der Waals surface area (Å²) in [6.45, 7) is 3.90. The van der Waals surface area contributed by atoms with Crippen LogP contribution in [0.25, 0.3) is 0 Å². The lowest BCUT2D eigenvalue weighted by molar-refractivity contribution is -0.135. The van der Waals surface area contributed by atoms with Crippen molar-refractivity contribution in [1.29, 1.82) is 0 Å². The molecule has 0 bridgehead atoms. The predicted molar refractivity (Wildman–Crippen MR) is 71.9 cm³/mol. The highest BCUT2D eigenvalue weighted by Crippen LogP contribution is 2.34. The molecule has 0 amide bonds. The molecular formula is C15H21F3O2. The second-order valence-corrected chi connectivity index (χ2v) is 5.80. The zero-order valence-corrected chi connectivity index (χ0v) is 11.8. The summed E-state index contributed by atoms with van der Waals surface area (Å²) in [5.41, 5.74) is 0.486. The maximum absolute atomic E-state index is 12.0. The first-order chi connectivity index (χ1) is 9.10.